The molecule has 0 aliphatic carbocycles. The molecule has 3 aromatic rings. The van der Waals surface area contributed by atoms with Crippen LogP contribution >= 0.6 is 11.6 Å². The van der Waals surface area contributed by atoms with Crippen LogP contribution in [0.4, 0.5) is 11.4 Å². The van der Waals surface area contributed by atoms with Crippen LogP contribution in [0.15, 0.2) is 66.9 Å². The summed E-state index contributed by atoms with van der Waals surface area (Å²) in [5.74, 6) is 1.19. The number of nitrogens with one attached hydrogen (secondary N) is 2. The Balaban J connectivity index is 1.50. The van der Waals surface area contributed by atoms with Crippen LogP contribution in [-0.4, -0.2) is 31.2 Å². The van der Waals surface area contributed by atoms with E-state index < -0.39 is 0 Å². The molecule has 6 nitrogen and oxygen atoms in total. The van der Waals surface area contributed by atoms with Crippen molar-refractivity contribution in [3.8, 4) is 11.5 Å². The van der Waals surface area contributed by atoms with Gasteiger partial charge in [0.15, 0.2) is 0 Å². The summed E-state index contributed by atoms with van der Waals surface area (Å²) in [6.07, 6.45) is 1.57. The smallest absolute Gasteiger partial charge is 0.270 e. The van der Waals surface area contributed by atoms with Gasteiger partial charge in [-0.2, -0.15) is 0 Å². The van der Waals surface area contributed by atoms with Crippen molar-refractivity contribution in [3.63, 3.8) is 0 Å². The largest absolute Gasteiger partial charge is 0.497 e. The zero-order valence-electron chi connectivity index (χ0n) is 15.3. The minimum Gasteiger partial charge on any atom is -0.497 e. The zero-order valence-corrected chi connectivity index (χ0v) is 16.1. The van der Waals surface area contributed by atoms with Crippen molar-refractivity contribution in [2.24, 2.45) is 0 Å². The molecular weight excluding hydrogens is 378 g/mol. The van der Waals surface area contributed by atoms with E-state index in [4.69, 9.17) is 21.1 Å². The molecule has 2 aromatic carbocycles. The Morgan fingerprint density at radius 1 is 1.07 bits per heavy atom. The van der Waals surface area contributed by atoms with Crippen molar-refractivity contribution in [1.29, 1.82) is 0 Å². The highest BCUT2D eigenvalue weighted by molar-refractivity contribution is 6.33. The van der Waals surface area contributed by atoms with Gasteiger partial charge in [-0.05, 0) is 48.5 Å². The van der Waals surface area contributed by atoms with Gasteiger partial charge < -0.3 is 20.1 Å². The van der Waals surface area contributed by atoms with Gasteiger partial charge in [0, 0.05) is 11.9 Å². The predicted molar refractivity (Wildman–Crippen MR) is 110 cm³/mol. The molecule has 0 fully saturated rings. The Morgan fingerprint density at radius 3 is 2.57 bits per heavy atom. The van der Waals surface area contributed by atoms with E-state index in [0.717, 1.165) is 17.1 Å². The first-order valence-electron chi connectivity index (χ1n) is 8.68. The highest BCUT2D eigenvalue weighted by atomic mass is 35.5. The number of hydrogen-bond donors (Lipinski definition) is 2. The Bertz CT molecular complexity index is 932. The van der Waals surface area contributed by atoms with Crippen LogP contribution in [0, 0.1) is 0 Å². The average molecular weight is 398 g/mol. The van der Waals surface area contributed by atoms with Gasteiger partial charge >= 0.3 is 0 Å². The van der Waals surface area contributed by atoms with Gasteiger partial charge in [-0.3, -0.25) is 9.78 Å². The number of halogens is 1. The third-order valence-electron chi connectivity index (χ3n) is 3.86. The monoisotopic (exact) mass is 397 g/mol. The van der Waals surface area contributed by atoms with Gasteiger partial charge in [-0.25, -0.2) is 0 Å². The molecule has 0 aliphatic rings. The summed E-state index contributed by atoms with van der Waals surface area (Å²) in [6, 6.07) is 18.1. The summed E-state index contributed by atoms with van der Waals surface area (Å²) in [5.41, 5.74) is 1.79. The second-order valence-corrected chi connectivity index (χ2v) is 6.22. The van der Waals surface area contributed by atoms with E-state index in [1.807, 2.05) is 42.5 Å². The van der Waals surface area contributed by atoms with Crippen LogP contribution in [0.3, 0.4) is 0 Å². The minimum absolute atomic E-state index is 0.277. The number of benzene rings is 2. The third kappa shape index (κ3) is 5.37. The number of carbonyl (C=O) groups excluding carboxylic acids is 1. The van der Waals surface area contributed by atoms with E-state index in [9.17, 15) is 4.79 Å². The van der Waals surface area contributed by atoms with E-state index in [0.29, 0.717) is 29.6 Å². The van der Waals surface area contributed by atoms with E-state index in [1.54, 1.807) is 31.5 Å². The fourth-order valence-corrected chi connectivity index (χ4v) is 2.63. The predicted octanol–water partition coefficient (Wildman–Crippen LogP) is 4.30. The van der Waals surface area contributed by atoms with Gasteiger partial charge in [0.2, 0.25) is 0 Å². The summed E-state index contributed by atoms with van der Waals surface area (Å²) >= 11 is 6.15. The van der Waals surface area contributed by atoms with Crippen molar-refractivity contribution in [1.82, 2.24) is 10.3 Å². The van der Waals surface area contributed by atoms with Gasteiger partial charge in [-0.15, -0.1) is 0 Å². The summed E-state index contributed by atoms with van der Waals surface area (Å²) in [4.78, 5) is 16.4. The number of carbonyl (C=O) groups is 1. The van der Waals surface area contributed by atoms with Crippen molar-refractivity contribution in [3.05, 3.63) is 77.6 Å². The normalized spacial score (nSPS) is 10.2. The number of nitrogens with zero attached hydrogens (tertiary/aromatic N) is 1. The topological polar surface area (TPSA) is 72.5 Å². The van der Waals surface area contributed by atoms with Crippen LogP contribution < -0.4 is 20.1 Å². The highest BCUT2D eigenvalue weighted by Crippen LogP contribution is 2.24. The summed E-state index contributed by atoms with van der Waals surface area (Å²) in [6.45, 7) is 0.699. The maximum absolute atomic E-state index is 12.3. The average Bonchev–Trinajstić information content (AvgIpc) is 2.73. The van der Waals surface area contributed by atoms with Gasteiger partial charge in [0.25, 0.3) is 5.91 Å². The number of amides is 1. The van der Waals surface area contributed by atoms with Crippen molar-refractivity contribution >= 4 is 28.9 Å². The lowest BCUT2D eigenvalue weighted by atomic mass is 10.2. The van der Waals surface area contributed by atoms with Crippen LogP contribution in [-0.2, 0) is 0 Å². The third-order valence-corrected chi connectivity index (χ3v) is 4.19. The van der Waals surface area contributed by atoms with E-state index in [1.165, 1.54) is 0 Å². The van der Waals surface area contributed by atoms with Crippen molar-refractivity contribution in [2.75, 3.05) is 25.6 Å². The van der Waals surface area contributed by atoms with E-state index in [2.05, 4.69) is 15.6 Å². The molecule has 1 amide bonds. The molecule has 0 saturated heterocycles. The SMILES string of the molecule is COc1ccc(OCCNC(=O)c2cc(Nc3ccccc3Cl)ccn2)cc1. The number of pyridine rings is 1. The summed E-state index contributed by atoms with van der Waals surface area (Å²) in [5, 5.41) is 6.57. The molecule has 3 rings (SSSR count). The fourth-order valence-electron chi connectivity index (χ4n) is 2.45. The number of para-hydroxylation sites is 1. The minimum atomic E-state index is -0.277. The summed E-state index contributed by atoms with van der Waals surface area (Å²) in [7, 11) is 1.61. The lowest BCUT2D eigenvalue weighted by molar-refractivity contribution is 0.0942. The molecule has 0 aliphatic heterocycles. The molecule has 0 radical (unpaired) electrons. The van der Waals surface area contributed by atoms with Crippen molar-refractivity contribution in [2.45, 2.75) is 0 Å². The molecule has 0 bridgehead atoms. The lowest BCUT2D eigenvalue weighted by Crippen LogP contribution is -2.28. The first-order valence-corrected chi connectivity index (χ1v) is 9.06. The maximum Gasteiger partial charge on any atom is 0.270 e. The number of aromatic nitrogens is 1. The van der Waals surface area contributed by atoms with Crippen molar-refractivity contribution < 1.29 is 14.3 Å². The van der Waals surface area contributed by atoms with E-state index >= 15 is 0 Å². The molecule has 0 spiro atoms. The van der Waals surface area contributed by atoms with E-state index in [-0.39, 0.29) is 5.91 Å². The molecule has 7 heteroatoms. The zero-order chi connectivity index (χ0) is 19.8. The Morgan fingerprint density at radius 2 is 1.82 bits per heavy atom. The van der Waals surface area contributed by atoms with Gasteiger partial charge in [-0.1, -0.05) is 23.7 Å². The second kappa shape index (κ2) is 9.62. The summed E-state index contributed by atoms with van der Waals surface area (Å²) < 4.78 is 10.7. The Kier molecular flexibility index (Phi) is 6.70. The van der Waals surface area contributed by atoms with Crippen LogP contribution in [0.25, 0.3) is 0 Å². The standard InChI is InChI=1S/C21H20ClN3O3/c1-27-16-6-8-17(9-7-16)28-13-12-24-21(26)20-14-15(10-11-23-20)25-19-5-3-2-4-18(19)22/h2-11,14H,12-13H2,1H3,(H,23,25)(H,24,26). The van der Waals surface area contributed by atoms with Crippen LogP contribution in [0.2, 0.25) is 5.02 Å². The quantitative estimate of drug-likeness (QED) is 0.554. The van der Waals surface area contributed by atoms with Crippen LogP contribution in [0.1, 0.15) is 10.5 Å². The lowest BCUT2D eigenvalue weighted by Gasteiger charge is -2.10. The number of methoxy groups -OCH3 is 1. The molecule has 0 saturated carbocycles. The Labute approximate surface area is 168 Å². The van der Waals surface area contributed by atoms with Gasteiger partial charge in [0.05, 0.1) is 24.4 Å². The molecule has 28 heavy (non-hydrogen) atoms. The number of anilines is 2. The number of rotatable bonds is 8. The molecule has 1 aromatic heterocycles. The number of ether oxygens (including phenoxy) is 2. The molecule has 144 valence electrons. The van der Waals surface area contributed by atoms with Gasteiger partial charge in [0.1, 0.15) is 23.8 Å². The maximum atomic E-state index is 12.3. The molecule has 0 atom stereocenters. The second-order valence-electron chi connectivity index (χ2n) is 5.81. The molecule has 0 unspecified atom stereocenters. The first kappa shape index (κ1) is 19.5. The molecular formula is C21H20ClN3O3. The number of hydrogen-bond acceptors (Lipinski definition) is 5. The molecule has 2 N–H and O–H groups in total. The highest BCUT2D eigenvalue weighted by Gasteiger charge is 2.08. The Hall–Kier alpha value is -3.25. The fraction of sp³-hybridized carbons (Fsp3) is 0.143. The molecule has 1 heterocycles. The van der Waals surface area contributed by atoms with Crippen LogP contribution in [0.5, 0.6) is 11.5 Å². The first-order chi connectivity index (χ1) is 13.7.